The van der Waals surface area contributed by atoms with E-state index in [1.165, 1.54) is 6.07 Å². The highest BCUT2D eigenvalue weighted by Gasteiger charge is 2.24. The second-order valence-electron chi connectivity index (χ2n) is 2.89. The molecule has 0 saturated carbocycles. The molecule has 1 aromatic rings. The summed E-state index contributed by atoms with van der Waals surface area (Å²) in [4.78, 5) is 11.2. The molecule has 0 aliphatic heterocycles. The van der Waals surface area contributed by atoms with Gasteiger partial charge in [-0.25, -0.2) is 0 Å². The van der Waals surface area contributed by atoms with Crippen LogP contribution in [0.3, 0.4) is 0 Å². The number of hydrogen-bond donors (Lipinski definition) is 2. The lowest BCUT2D eigenvalue weighted by Gasteiger charge is -2.02. The minimum absolute atomic E-state index is 0.0848. The van der Waals surface area contributed by atoms with Crippen LogP contribution < -0.4 is 0 Å². The van der Waals surface area contributed by atoms with Crippen molar-refractivity contribution in [2.45, 2.75) is 12.8 Å². The molecule has 0 saturated heterocycles. The largest absolute Gasteiger partial charge is 0.504 e. The summed E-state index contributed by atoms with van der Waals surface area (Å²) >= 11 is 0. The van der Waals surface area contributed by atoms with Gasteiger partial charge in [-0.05, 0) is 18.1 Å². The molecular weight excluding hydrogens is 156 g/mol. The highest BCUT2D eigenvalue weighted by atomic mass is 16.3. The Balaban J connectivity index is 2.71. The number of Topliss-reactive ketones (excluding diaryl/α,β-unsaturated/α-hetero) is 1. The van der Waals surface area contributed by atoms with Crippen molar-refractivity contribution in [3.8, 4) is 11.5 Å². The van der Waals surface area contributed by atoms with Crippen LogP contribution in [-0.2, 0) is 6.42 Å². The van der Waals surface area contributed by atoms with Gasteiger partial charge in [-0.2, -0.15) is 0 Å². The van der Waals surface area contributed by atoms with Crippen molar-refractivity contribution < 1.29 is 15.0 Å². The lowest BCUT2D eigenvalue weighted by Crippen LogP contribution is -1.91. The van der Waals surface area contributed by atoms with Gasteiger partial charge in [0.2, 0.25) is 0 Å². The molecule has 62 valence electrons. The number of phenolic OH excluding ortho intramolecular Hbond substituents is 2. The van der Waals surface area contributed by atoms with Crippen molar-refractivity contribution in [2.24, 2.45) is 0 Å². The van der Waals surface area contributed by atoms with E-state index in [4.69, 9.17) is 5.11 Å². The lowest BCUT2D eigenvalue weighted by molar-refractivity contribution is 0.0992. The molecule has 3 heteroatoms. The molecule has 0 heterocycles. The number of benzene rings is 1. The first-order chi connectivity index (χ1) is 5.70. The molecule has 1 aliphatic carbocycles. The first kappa shape index (κ1) is 7.16. The molecule has 1 aliphatic rings. The molecular formula is C9H8O3. The summed E-state index contributed by atoms with van der Waals surface area (Å²) in [6.07, 6.45) is 1.11. The van der Waals surface area contributed by atoms with Gasteiger partial charge in [-0.1, -0.05) is 6.07 Å². The molecule has 0 radical (unpaired) electrons. The molecule has 0 bridgehead atoms. The molecule has 0 amide bonds. The van der Waals surface area contributed by atoms with E-state index >= 15 is 0 Å². The zero-order valence-electron chi connectivity index (χ0n) is 6.37. The minimum Gasteiger partial charge on any atom is -0.504 e. The SMILES string of the molecule is O=C1CCc2ccc(O)c(O)c21. The standard InChI is InChI=1S/C9H8O3/c10-6-3-1-5-2-4-7(11)9(12)8(5)6/h2,4,11-12H,1,3H2. The minimum atomic E-state index is -0.269. The van der Waals surface area contributed by atoms with Crippen molar-refractivity contribution in [3.63, 3.8) is 0 Å². The van der Waals surface area contributed by atoms with Gasteiger partial charge < -0.3 is 10.2 Å². The summed E-state index contributed by atoms with van der Waals surface area (Å²) < 4.78 is 0. The van der Waals surface area contributed by atoms with Crippen LogP contribution in [0.25, 0.3) is 0 Å². The number of phenols is 2. The summed E-state index contributed by atoms with van der Waals surface area (Å²) in [5.41, 5.74) is 1.13. The molecule has 0 unspecified atom stereocenters. The summed E-state index contributed by atoms with van der Waals surface area (Å²) in [7, 11) is 0. The third-order valence-corrected chi connectivity index (χ3v) is 2.14. The van der Waals surface area contributed by atoms with Gasteiger partial charge in [0.1, 0.15) is 0 Å². The van der Waals surface area contributed by atoms with E-state index in [0.29, 0.717) is 18.4 Å². The molecule has 0 spiro atoms. The van der Waals surface area contributed by atoms with Crippen LogP contribution >= 0.6 is 0 Å². The van der Waals surface area contributed by atoms with E-state index in [1.807, 2.05) is 0 Å². The van der Waals surface area contributed by atoms with Gasteiger partial charge in [-0.15, -0.1) is 0 Å². The van der Waals surface area contributed by atoms with Crippen molar-refractivity contribution in [3.05, 3.63) is 23.3 Å². The summed E-state index contributed by atoms with van der Waals surface area (Å²) in [5, 5.41) is 18.4. The molecule has 2 rings (SSSR count). The number of aryl methyl sites for hydroxylation is 1. The molecule has 0 fully saturated rings. The third-order valence-electron chi connectivity index (χ3n) is 2.14. The van der Waals surface area contributed by atoms with E-state index in [0.717, 1.165) is 5.56 Å². The maximum absolute atomic E-state index is 11.2. The second kappa shape index (κ2) is 2.24. The Labute approximate surface area is 69.3 Å². The van der Waals surface area contributed by atoms with Crippen LogP contribution in [0.1, 0.15) is 22.3 Å². The fourth-order valence-electron chi connectivity index (χ4n) is 1.51. The van der Waals surface area contributed by atoms with Crippen LogP contribution in [0, 0.1) is 0 Å². The fourth-order valence-corrected chi connectivity index (χ4v) is 1.51. The molecule has 3 nitrogen and oxygen atoms in total. The van der Waals surface area contributed by atoms with Crippen LogP contribution in [-0.4, -0.2) is 16.0 Å². The molecule has 2 N–H and O–H groups in total. The van der Waals surface area contributed by atoms with Gasteiger partial charge in [-0.3, -0.25) is 4.79 Å². The zero-order valence-corrected chi connectivity index (χ0v) is 6.37. The van der Waals surface area contributed by atoms with Crippen molar-refractivity contribution >= 4 is 5.78 Å². The summed E-state index contributed by atoms with van der Waals surface area (Å²) in [6.45, 7) is 0. The maximum Gasteiger partial charge on any atom is 0.168 e. The first-order valence-corrected chi connectivity index (χ1v) is 3.77. The average molecular weight is 164 g/mol. The van der Waals surface area contributed by atoms with Gasteiger partial charge in [0.15, 0.2) is 17.3 Å². The van der Waals surface area contributed by atoms with E-state index in [1.54, 1.807) is 6.07 Å². The van der Waals surface area contributed by atoms with Crippen LogP contribution in [0.2, 0.25) is 0 Å². The van der Waals surface area contributed by atoms with Gasteiger partial charge in [0, 0.05) is 6.42 Å². The number of fused-ring (bicyclic) bond motifs is 1. The Hall–Kier alpha value is -1.51. The number of hydrogen-bond acceptors (Lipinski definition) is 3. The van der Waals surface area contributed by atoms with Gasteiger partial charge in [0.25, 0.3) is 0 Å². The highest BCUT2D eigenvalue weighted by molar-refractivity contribution is 6.03. The Kier molecular flexibility index (Phi) is 1.33. The Morgan fingerprint density at radius 1 is 1.17 bits per heavy atom. The van der Waals surface area contributed by atoms with Crippen LogP contribution in [0.15, 0.2) is 12.1 Å². The smallest absolute Gasteiger partial charge is 0.168 e. The summed E-state index contributed by atoms with van der Waals surface area (Å²) in [6, 6.07) is 3.09. The molecule has 1 aromatic carbocycles. The predicted octanol–water partition coefficient (Wildman–Crippen LogP) is 1.23. The van der Waals surface area contributed by atoms with Crippen molar-refractivity contribution in [1.82, 2.24) is 0 Å². The van der Waals surface area contributed by atoms with E-state index in [-0.39, 0.29) is 17.3 Å². The normalized spacial score (nSPS) is 14.8. The summed E-state index contributed by atoms with van der Waals surface area (Å²) in [5.74, 6) is -0.572. The van der Waals surface area contributed by atoms with E-state index in [9.17, 15) is 9.90 Å². The quantitative estimate of drug-likeness (QED) is 0.567. The van der Waals surface area contributed by atoms with Gasteiger partial charge >= 0.3 is 0 Å². The lowest BCUT2D eigenvalue weighted by atomic mass is 10.1. The molecule has 0 aromatic heterocycles. The number of rotatable bonds is 0. The Bertz CT molecular complexity index is 355. The second-order valence-corrected chi connectivity index (χ2v) is 2.89. The molecule has 12 heavy (non-hydrogen) atoms. The fraction of sp³-hybridized carbons (Fsp3) is 0.222. The van der Waals surface area contributed by atoms with E-state index in [2.05, 4.69) is 0 Å². The highest BCUT2D eigenvalue weighted by Crippen LogP contribution is 2.36. The average Bonchev–Trinajstić information content (AvgIpc) is 2.41. The van der Waals surface area contributed by atoms with Crippen molar-refractivity contribution in [2.75, 3.05) is 0 Å². The Morgan fingerprint density at radius 3 is 2.67 bits per heavy atom. The predicted molar refractivity (Wildman–Crippen MR) is 42.4 cm³/mol. The molecule has 0 atom stereocenters. The number of carbonyl (C=O) groups excluding carboxylic acids is 1. The third kappa shape index (κ3) is 0.794. The van der Waals surface area contributed by atoms with E-state index < -0.39 is 0 Å². The van der Waals surface area contributed by atoms with Crippen LogP contribution in [0.5, 0.6) is 11.5 Å². The number of carbonyl (C=O) groups is 1. The van der Waals surface area contributed by atoms with Crippen LogP contribution in [0.4, 0.5) is 0 Å². The number of aromatic hydroxyl groups is 2. The monoisotopic (exact) mass is 164 g/mol. The Morgan fingerprint density at radius 2 is 1.92 bits per heavy atom. The first-order valence-electron chi connectivity index (χ1n) is 3.77. The maximum atomic E-state index is 11.2. The van der Waals surface area contributed by atoms with Gasteiger partial charge in [0.05, 0.1) is 5.56 Å². The van der Waals surface area contributed by atoms with Crippen molar-refractivity contribution in [1.29, 1.82) is 0 Å². The number of ketones is 1. The zero-order chi connectivity index (χ0) is 8.72. The topological polar surface area (TPSA) is 57.5 Å².